The predicted octanol–water partition coefficient (Wildman–Crippen LogP) is 0.809. The third-order valence-electron chi connectivity index (χ3n) is 2.21. The Morgan fingerprint density at radius 3 is 2.56 bits per heavy atom. The normalized spacial score (nSPS) is 10.1. The maximum absolute atomic E-state index is 11.3. The van der Waals surface area contributed by atoms with E-state index >= 15 is 0 Å². The monoisotopic (exact) mass is 226 g/mol. The fourth-order valence-corrected chi connectivity index (χ4v) is 1.37. The first kappa shape index (κ1) is 12.3. The maximum Gasteiger partial charge on any atom is 0.341 e. The van der Waals surface area contributed by atoms with Crippen LogP contribution in [-0.4, -0.2) is 35.0 Å². The van der Waals surface area contributed by atoms with Gasteiger partial charge in [-0.05, 0) is 24.5 Å². The van der Waals surface area contributed by atoms with Crippen LogP contribution < -0.4 is 0 Å². The lowest BCUT2D eigenvalue weighted by molar-refractivity contribution is 0.0597. The van der Waals surface area contributed by atoms with E-state index in [-0.39, 0.29) is 23.7 Å². The fraction of sp³-hybridized carbons (Fsp3) is 0.364. The van der Waals surface area contributed by atoms with Crippen LogP contribution in [0.4, 0.5) is 0 Å². The van der Waals surface area contributed by atoms with Crippen LogP contribution in [0.3, 0.4) is 0 Å². The molecule has 1 rings (SSSR count). The summed E-state index contributed by atoms with van der Waals surface area (Å²) in [7, 11) is 1.21. The topological polar surface area (TPSA) is 87.0 Å². The van der Waals surface area contributed by atoms with Crippen LogP contribution in [0, 0.1) is 0 Å². The number of aliphatic hydroxyl groups excluding tert-OH is 1. The summed E-state index contributed by atoms with van der Waals surface area (Å²) < 4.78 is 4.49. The first-order valence-corrected chi connectivity index (χ1v) is 4.84. The number of aromatic hydroxyl groups is 2. The van der Waals surface area contributed by atoms with E-state index in [1.54, 1.807) is 0 Å². The Kier molecular flexibility index (Phi) is 4.13. The Morgan fingerprint density at radius 2 is 2.00 bits per heavy atom. The molecule has 5 heteroatoms. The van der Waals surface area contributed by atoms with E-state index in [0.29, 0.717) is 18.4 Å². The van der Waals surface area contributed by atoms with E-state index in [0.717, 1.165) is 6.07 Å². The maximum atomic E-state index is 11.3. The molecule has 0 aliphatic rings. The molecule has 0 unspecified atom stereocenters. The lowest BCUT2D eigenvalue weighted by atomic mass is 10.0. The molecule has 0 aliphatic heterocycles. The summed E-state index contributed by atoms with van der Waals surface area (Å²) in [6.45, 7) is -0.00608. The minimum absolute atomic E-state index is 0.00608. The highest BCUT2D eigenvalue weighted by Crippen LogP contribution is 2.28. The van der Waals surface area contributed by atoms with Crippen LogP contribution in [-0.2, 0) is 11.2 Å². The number of esters is 1. The largest absolute Gasteiger partial charge is 0.508 e. The number of rotatable bonds is 4. The number of benzene rings is 1. The summed E-state index contributed by atoms with van der Waals surface area (Å²) in [6, 6.07) is 2.46. The molecule has 1 aromatic rings. The third-order valence-corrected chi connectivity index (χ3v) is 2.21. The van der Waals surface area contributed by atoms with Crippen LogP contribution in [0.2, 0.25) is 0 Å². The molecule has 0 radical (unpaired) electrons. The second-order valence-electron chi connectivity index (χ2n) is 3.32. The van der Waals surface area contributed by atoms with Gasteiger partial charge in [-0.15, -0.1) is 0 Å². The number of aliphatic hydroxyl groups is 1. The van der Waals surface area contributed by atoms with E-state index in [1.807, 2.05) is 0 Å². The van der Waals surface area contributed by atoms with Crippen molar-refractivity contribution in [2.24, 2.45) is 0 Å². The fourth-order valence-electron chi connectivity index (χ4n) is 1.37. The van der Waals surface area contributed by atoms with Gasteiger partial charge < -0.3 is 20.1 Å². The van der Waals surface area contributed by atoms with Gasteiger partial charge in [-0.3, -0.25) is 0 Å². The van der Waals surface area contributed by atoms with Gasteiger partial charge in [0.15, 0.2) is 0 Å². The standard InChI is InChI=1S/C11H14O5/c1-16-11(15)8-5-7(3-2-4-12)9(13)6-10(8)14/h5-6,12-14H,2-4H2,1H3. The van der Waals surface area contributed by atoms with Gasteiger partial charge in [-0.1, -0.05) is 0 Å². The van der Waals surface area contributed by atoms with Crippen molar-refractivity contribution in [1.82, 2.24) is 0 Å². The summed E-state index contributed by atoms with van der Waals surface area (Å²) >= 11 is 0. The number of hydrogen-bond acceptors (Lipinski definition) is 5. The number of carbonyl (C=O) groups excluding carboxylic acids is 1. The SMILES string of the molecule is COC(=O)c1cc(CCCO)c(O)cc1O. The molecular formula is C11H14O5. The Labute approximate surface area is 92.9 Å². The van der Waals surface area contributed by atoms with Crippen molar-refractivity contribution < 1.29 is 24.9 Å². The number of carbonyl (C=O) groups is 1. The van der Waals surface area contributed by atoms with E-state index < -0.39 is 5.97 Å². The van der Waals surface area contributed by atoms with Gasteiger partial charge in [0, 0.05) is 12.7 Å². The Bertz CT molecular complexity index is 386. The third kappa shape index (κ3) is 2.64. The lowest BCUT2D eigenvalue weighted by Crippen LogP contribution is -2.03. The molecule has 16 heavy (non-hydrogen) atoms. The summed E-state index contributed by atoms with van der Waals surface area (Å²) in [5.41, 5.74) is 0.500. The van der Waals surface area contributed by atoms with Gasteiger partial charge in [0.1, 0.15) is 17.1 Å². The number of phenolic OH excluding ortho intramolecular Hbond substituents is 2. The Morgan fingerprint density at radius 1 is 1.31 bits per heavy atom. The highest BCUT2D eigenvalue weighted by atomic mass is 16.5. The van der Waals surface area contributed by atoms with Crippen molar-refractivity contribution in [1.29, 1.82) is 0 Å². The van der Waals surface area contributed by atoms with Crippen LogP contribution in [0.1, 0.15) is 22.3 Å². The van der Waals surface area contributed by atoms with E-state index in [4.69, 9.17) is 5.11 Å². The number of aryl methyl sites for hydroxylation is 1. The van der Waals surface area contributed by atoms with Crippen molar-refractivity contribution in [2.75, 3.05) is 13.7 Å². The minimum Gasteiger partial charge on any atom is -0.508 e. The van der Waals surface area contributed by atoms with Crippen LogP contribution >= 0.6 is 0 Å². The van der Waals surface area contributed by atoms with Crippen molar-refractivity contribution >= 4 is 5.97 Å². The number of methoxy groups -OCH3 is 1. The summed E-state index contributed by atoms with van der Waals surface area (Å²) in [5.74, 6) is -1.08. The van der Waals surface area contributed by atoms with Gasteiger partial charge in [0.05, 0.1) is 7.11 Å². The van der Waals surface area contributed by atoms with E-state index in [9.17, 15) is 15.0 Å². The Hall–Kier alpha value is -1.75. The van der Waals surface area contributed by atoms with Crippen molar-refractivity contribution in [2.45, 2.75) is 12.8 Å². The molecule has 0 saturated heterocycles. The quantitative estimate of drug-likeness (QED) is 0.661. The molecule has 1 aromatic carbocycles. The first-order chi connectivity index (χ1) is 7.60. The second kappa shape index (κ2) is 5.37. The molecular weight excluding hydrogens is 212 g/mol. The molecule has 0 fully saturated rings. The molecule has 0 bridgehead atoms. The van der Waals surface area contributed by atoms with E-state index in [1.165, 1.54) is 13.2 Å². The average Bonchev–Trinajstić information content (AvgIpc) is 2.27. The summed E-state index contributed by atoms with van der Waals surface area (Å²) in [4.78, 5) is 11.3. The second-order valence-corrected chi connectivity index (χ2v) is 3.32. The number of ether oxygens (including phenoxy) is 1. The van der Waals surface area contributed by atoms with E-state index in [2.05, 4.69) is 4.74 Å². The smallest absolute Gasteiger partial charge is 0.341 e. The highest BCUT2D eigenvalue weighted by molar-refractivity contribution is 5.92. The van der Waals surface area contributed by atoms with Crippen LogP contribution in [0.15, 0.2) is 12.1 Å². The zero-order valence-corrected chi connectivity index (χ0v) is 8.93. The predicted molar refractivity (Wildman–Crippen MR) is 56.5 cm³/mol. The number of phenols is 2. The van der Waals surface area contributed by atoms with Gasteiger partial charge in [-0.25, -0.2) is 4.79 Å². The van der Waals surface area contributed by atoms with Gasteiger partial charge in [-0.2, -0.15) is 0 Å². The molecule has 5 nitrogen and oxygen atoms in total. The van der Waals surface area contributed by atoms with Crippen LogP contribution in [0.5, 0.6) is 11.5 Å². The molecule has 0 saturated carbocycles. The van der Waals surface area contributed by atoms with Crippen molar-refractivity contribution in [3.63, 3.8) is 0 Å². The van der Waals surface area contributed by atoms with Crippen LogP contribution in [0.25, 0.3) is 0 Å². The molecule has 0 spiro atoms. The lowest BCUT2D eigenvalue weighted by Gasteiger charge is -2.08. The molecule has 0 aromatic heterocycles. The van der Waals surface area contributed by atoms with Gasteiger partial charge >= 0.3 is 5.97 Å². The Balaban J connectivity index is 3.06. The first-order valence-electron chi connectivity index (χ1n) is 4.84. The molecule has 3 N–H and O–H groups in total. The average molecular weight is 226 g/mol. The molecule has 88 valence electrons. The minimum atomic E-state index is -0.664. The van der Waals surface area contributed by atoms with Gasteiger partial charge in [0.25, 0.3) is 0 Å². The highest BCUT2D eigenvalue weighted by Gasteiger charge is 2.15. The molecule has 0 atom stereocenters. The number of hydrogen-bond donors (Lipinski definition) is 3. The van der Waals surface area contributed by atoms with Crippen molar-refractivity contribution in [3.8, 4) is 11.5 Å². The zero-order valence-electron chi connectivity index (χ0n) is 8.93. The van der Waals surface area contributed by atoms with Crippen molar-refractivity contribution in [3.05, 3.63) is 23.3 Å². The molecule has 0 amide bonds. The van der Waals surface area contributed by atoms with Gasteiger partial charge in [0.2, 0.25) is 0 Å². The summed E-state index contributed by atoms with van der Waals surface area (Å²) in [6.07, 6.45) is 0.894. The summed E-state index contributed by atoms with van der Waals surface area (Å²) in [5, 5.41) is 27.6. The molecule has 0 aliphatic carbocycles. The zero-order chi connectivity index (χ0) is 12.1. The molecule has 0 heterocycles.